The Labute approximate surface area is 86.4 Å². The minimum atomic E-state index is 0.501. The van der Waals surface area contributed by atoms with Crippen molar-refractivity contribution in [2.45, 2.75) is 44.2 Å². The van der Waals surface area contributed by atoms with E-state index in [0.717, 1.165) is 31.9 Å². The molecule has 1 saturated heterocycles. The second-order valence-corrected chi connectivity index (χ2v) is 4.33. The summed E-state index contributed by atoms with van der Waals surface area (Å²) in [6.45, 7) is 1.98. The maximum absolute atomic E-state index is 5.74. The van der Waals surface area contributed by atoms with Crippen molar-refractivity contribution in [2.24, 2.45) is 5.92 Å². The molecule has 1 N–H and O–H groups in total. The van der Waals surface area contributed by atoms with Gasteiger partial charge in [-0.3, -0.25) is 0 Å². The van der Waals surface area contributed by atoms with Gasteiger partial charge in [0.25, 0.3) is 0 Å². The Morgan fingerprint density at radius 2 is 2.21 bits per heavy atom. The van der Waals surface area contributed by atoms with Crippen LogP contribution in [0.15, 0.2) is 0 Å². The molecular weight excluding hydrogens is 174 g/mol. The highest BCUT2D eigenvalue weighted by atomic mass is 16.5. The summed E-state index contributed by atoms with van der Waals surface area (Å²) in [5, 5.41) is 3.57. The van der Waals surface area contributed by atoms with Crippen LogP contribution in [0, 0.1) is 18.3 Å². The third-order valence-electron chi connectivity index (χ3n) is 3.13. The quantitative estimate of drug-likeness (QED) is 0.528. The maximum Gasteiger partial charge on any atom is 0.0756 e. The fourth-order valence-corrected chi connectivity index (χ4v) is 2.20. The summed E-state index contributed by atoms with van der Waals surface area (Å²) in [7, 11) is 0. The van der Waals surface area contributed by atoms with Crippen molar-refractivity contribution >= 4 is 0 Å². The highest BCUT2D eigenvalue weighted by molar-refractivity contribution is 4.93. The van der Waals surface area contributed by atoms with Crippen molar-refractivity contribution in [1.29, 1.82) is 0 Å². The third-order valence-corrected chi connectivity index (χ3v) is 3.13. The average molecular weight is 193 g/mol. The minimum Gasteiger partial charge on any atom is -0.376 e. The van der Waals surface area contributed by atoms with Gasteiger partial charge >= 0.3 is 0 Å². The van der Waals surface area contributed by atoms with E-state index in [1.165, 1.54) is 19.3 Å². The molecule has 0 radical (unpaired) electrons. The van der Waals surface area contributed by atoms with Crippen LogP contribution < -0.4 is 5.32 Å². The number of hydrogen-bond donors (Lipinski definition) is 1. The highest BCUT2D eigenvalue weighted by Crippen LogP contribution is 2.38. The summed E-state index contributed by atoms with van der Waals surface area (Å²) in [4.78, 5) is 0. The lowest BCUT2D eigenvalue weighted by Gasteiger charge is -2.19. The molecule has 1 heterocycles. The molecule has 1 saturated carbocycles. The lowest BCUT2D eigenvalue weighted by Crippen LogP contribution is -2.38. The molecular formula is C12H19NO. The van der Waals surface area contributed by atoms with Crippen molar-refractivity contribution in [1.82, 2.24) is 5.32 Å². The fraction of sp³-hybridized carbons (Fsp3) is 0.833. The van der Waals surface area contributed by atoms with Gasteiger partial charge in [-0.05, 0) is 38.1 Å². The number of rotatable bonds is 5. The predicted octanol–water partition coefficient (Wildman–Crippen LogP) is 1.56. The average Bonchev–Trinajstić information content (AvgIpc) is 2.94. The molecule has 0 spiro atoms. The van der Waals surface area contributed by atoms with Crippen LogP contribution in [0.4, 0.5) is 0 Å². The van der Waals surface area contributed by atoms with Gasteiger partial charge in [-0.2, -0.15) is 0 Å². The lowest BCUT2D eigenvalue weighted by molar-refractivity contribution is 0.0812. The highest BCUT2D eigenvalue weighted by Gasteiger charge is 2.40. The Morgan fingerprint density at radius 1 is 1.36 bits per heavy atom. The van der Waals surface area contributed by atoms with Gasteiger partial charge in [0.05, 0.1) is 6.10 Å². The number of unbranched alkanes of at least 4 members (excludes halogenated alkanes) is 1. The number of terminal acetylenes is 1. The Balaban J connectivity index is 1.66. The van der Waals surface area contributed by atoms with Crippen LogP contribution in [0.5, 0.6) is 0 Å². The fourth-order valence-electron chi connectivity index (χ4n) is 2.20. The molecule has 1 aliphatic carbocycles. The summed E-state index contributed by atoms with van der Waals surface area (Å²) < 4.78 is 5.74. The number of ether oxygens (including phenoxy) is 1. The van der Waals surface area contributed by atoms with E-state index < -0.39 is 0 Å². The smallest absolute Gasteiger partial charge is 0.0756 e. The first-order valence-electron chi connectivity index (χ1n) is 5.70. The first-order valence-corrected chi connectivity index (χ1v) is 5.70. The van der Waals surface area contributed by atoms with Gasteiger partial charge in [0.15, 0.2) is 0 Å². The topological polar surface area (TPSA) is 21.3 Å². The van der Waals surface area contributed by atoms with E-state index in [-0.39, 0.29) is 0 Å². The van der Waals surface area contributed by atoms with Gasteiger partial charge in [-0.25, -0.2) is 0 Å². The van der Waals surface area contributed by atoms with Gasteiger partial charge in [0.1, 0.15) is 0 Å². The molecule has 1 aliphatic heterocycles. The molecule has 0 amide bonds. The van der Waals surface area contributed by atoms with E-state index in [0.29, 0.717) is 12.1 Å². The largest absolute Gasteiger partial charge is 0.376 e. The molecule has 0 aromatic carbocycles. The normalized spacial score (nSPS) is 31.6. The summed E-state index contributed by atoms with van der Waals surface area (Å²) in [6.07, 6.45) is 11.6. The molecule has 0 aromatic rings. The molecule has 2 rings (SSSR count). The Hall–Kier alpha value is -0.520. The number of nitrogens with one attached hydrogen (secondary N) is 1. The van der Waals surface area contributed by atoms with Crippen molar-refractivity contribution < 1.29 is 4.74 Å². The zero-order valence-corrected chi connectivity index (χ0v) is 8.67. The number of hydrogen-bond acceptors (Lipinski definition) is 2. The molecule has 2 nitrogen and oxygen atoms in total. The Kier molecular flexibility index (Phi) is 3.44. The van der Waals surface area contributed by atoms with Gasteiger partial charge in [-0.15, -0.1) is 12.3 Å². The van der Waals surface area contributed by atoms with Crippen molar-refractivity contribution in [2.75, 3.05) is 13.2 Å². The van der Waals surface area contributed by atoms with E-state index in [1.807, 2.05) is 0 Å². The van der Waals surface area contributed by atoms with Gasteiger partial charge in [0, 0.05) is 19.1 Å². The van der Waals surface area contributed by atoms with E-state index in [1.54, 1.807) is 0 Å². The summed E-state index contributed by atoms with van der Waals surface area (Å²) in [5.74, 6) is 3.52. The lowest BCUT2D eigenvalue weighted by atomic mass is 10.1. The first-order chi connectivity index (χ1) is 6.92. The first kappa shape index (κ1) is 10.0. The van der Waals surface area contributed by atoms with Crippen molar-refractivity contribution in [3.05, 3.63) is 0 Å². The molecule has 2 unspecified atom stereocenters. The second kappa shape index (κ2) is 4.82. The summed E-state index contributed by atoms with van der Waals surface area (Å²) in [6, 6.07) is 0.597. The van der Waals surface area contributed by atoms with Crippen LogP contribution in [-0.2, 0) is 4.74 Å². The van der Waals surface area contributed by atoms with E-state index in [2.05, 4.69) is 11.2 Å². The van der Waals surface area contributed by atoms with Crippen LogP contribution in [0.1, 0.15) is 32.1 Å². The summed E-state index contributed by atoms with van der Waals surface area (Å²) in [5.41, 5.74) is 0. The van der Waals surface area contributed by atoms with Crippen LogP contribution in [0.2, 0.25) is 0 Å². The standard InChI is InChI=1S/C12H19NO/c1-2-3-4-8-13-11-7-9-14-12(11)10-5-6-10/h1,10-13H,3-9H2. The van der Waals surface area contributed by atoms with Crippen LogP contribution in [-0.4, -0.2) is 25.3 Å². The van der Waals surface area contributed by atoms with E-state index in [9.17, 15) is 0 Å². The summed E-state index contributed by atoms with van der Waals surface area (Å²) >= 11 is 0. The molecule has 2 heteroatoms. The van der Waals surface area contributed by atoms with Crippen LogP contribution in [0.25, 0.3) is 0 Å². The molecule has 2 atom stereocenters. The van der Waals surface area contributed by atoms with Gasteiger partial charge in [0.2, 0.25) is 0 Å². The zero-order valence-electron chi connectivity index (χ0n) is 8.67. The van der Waals surface area contributed by atoms with Crippen molar-refractivity contribution in [3.63, 3.8) is 0 Å². The SMILES string of the molecule is C#CCCCNC1CCOC1C1CC1. The Bertz CT molecular complexity index is 217. The van der Waals surface area contributed by atoms with Crippen LogP contribution >= 0.6 is 0 Å². The van der Waals surface area contributed by atoms with E-state index >= 15 is 0 Å². The minimum absolute atomic E-state index is 0.501. The van der Waals surface area contributed by atoms with Gasteiger partial charge in [-0.1, -0.05) is 0 Å². The zero-order chi connectivity index (χ0) is 9.80. The monoisotopic (exact) mass is 193 g/mol. The molecule has 0 bridgehead atoms. The van der Waals surface area contributed by atoms with E-state index in [4.69, 9.17) is 11.2 Å². The van der Waals surface area contributed by atoms with Crippen molar-refractivity contribution in [3.8, 4) is 12.3 Å². The Morgan fingerprint density at radius 3 is 2.93 bits per heavy atom. The molecule has 0 aromatic heterocycles. The van der Waals surface area contributed by atoms with Crippen LogP contribution in [0.3, 0.4) is 0 Å². The molecule has 78 valence electrons. The maximum atomic E-state index is 5.74. The van der Waals surface area contributed by atoms with Gasteiger partial charge < -0.3 is 10.1 Å². The molecule has 2 aliphatic rings. The predicted molar refractivity (Wildman–Crippen MR) is 56.9 cm³/mol. The second-order valence-electron chi connectivity index (χ2n) is 4.33. The molecule has 2 fully saturated rings. The third kappa shape index (κ3) is 2.50. The molecule has 14 heavy (non-hydrogen) atoms.